The number of primary amides is 1. The van der Waals surface area contributed by atoms with Gasteiger partial charge in [-0.1, -0.05) is 57.8 Å². The van der Waals surface area contributed by atoms with Gasteiger partial charge in [0.2, 0.25) is 35.4 Å². The first-order valence-corrected chi connectivity index (χ1v) is 22.6. The lowest BCUT2D eigenvalue weighted by atomic mass is 10.1. The van der Waals surface area contributed by atoms with Crippen LogP contribution >= 0.6 is 0 Å². The van der Waals surface area contributed by atoms with Crippen LogP contribution in [0.15, 0.2) is 0 Å². The smallest absolute Gasteiger partial charge is 0.242 e. The summed E-state index contributed by atoms with van der Waals surface area (Å²) in [6, 6.07) is -1.81. The number of carbonyl (C=O) groups excluding carboxylic acids is 6. The van der Waals surface area contributed by atoms with Crippen molar-refractivity contribution in [3.05, 3.63) is 0 Å². The number of unbranched alkanes of at least 4 members (excludes halogenated alkanes) is 15. The highest BCUT2D eigenvalue weighted by molar-refractivity contribution is 5.88. The highest BCUT2D eigenvalue weighted by atomic mass is 16.2. The van der Waals surface area contributed by atoms with E-state index in [9.17, 15) is 28.8 Å². The van der Waals surface area contributed by atoms with Gasteiger partial charge in [0.1, 0.15) is 18.1 Å². The Morgan fingerprint density at radius 2 is 0.621 bits per heavy atom. The first kappa shape index (κ1) is 54.7. The van der Waals surface area contributed by atoms with E-state index in [4.69, 9.17) is 28.7 Å². The molecule has 3 atom stereocenters. The van der Waals surface area contributed by atoms with Crippen LogP contribution in [0.1, 0.15) is 173 Å². The van der Waals surface area contributed by atoms with Crippen molar-refractivity contribution in [2.45, 2.75) is 191 Å². The monoisotopic (exact) mass is 825 g/mol. The Balaban J connectivity index is 4.35. The van der Waals surface area contributed by atoms with Gasteiger partial charge in [0.15, 0.2) is 0 Å². The average molecular weight is 825 g/mol. The zero-order chi connectivity index (χ0) is 43.1. The zero-order valence-corrected chi connectivity index (χ0v) is 35.9. The molecule has 0 aromatic rings. The molecule has 16 nitrogen and oxygen atoms in total. The summed E-state index contributed by atoms with van der Waals surface area (Å²) in [5.41, 5.74) is 27.7. The summed E-state index contributed by atoms with van der Waals surface area (Å²) in [5, 5.41) is 14.5. The summed E-state index contributed by atoms with van der Waals surface area (Å²) in [5.74, 6) is -1.28. The topological polar surface area (TPSA) is 293 Å². The Bertz CT molecular complexity index is 1100. The van der Waals surface area contributed by atoms with Gasteiger partial charge in [-0.25, -0.2) is 0 Å². The van der Waals surface area contributed by atoms with Gasteiger partial charge in [-0.15, -0.1) is 0 Å². The number of hydrogen-bond acceptors (Lipinski definition) is 10. The Hall–Kier alpha value is -3.34. The third kappa shape index (κ3) is 32.6. The van der Waals surface area contributed by atoms with Crippen LogP contribution < -0.4 is 55.3 Å². The van der Waals surface area contributed by atoms with E-state index in [0.29, 0.717) is 90.6 Å². The quantitative estimate of drug-likeness (QED) is 0.0402. The van der Waals surface area contributed by atoms with Crippen molar-refractivity contribution >= 4 is 35.4 Å². The second kappa shape index (κ2) is 39.1. The molecule has 0 aliphatic heterocycles. The van der Waals surface area contributed by atoms with Crippen molar-refractivity contribution in [3.63, 3.8) is 0 Å². The Labute approximate surface area is 349 Å². The Morgan fingerprint density at radius 1 is 0.345 bits per heavy atom. The predicted octanol–water partition coefficient (Wildman–Crippen LogP) is 2.53. The van der Waals surface area contributed by atoms with E-state index in [1.807, 2.05) is 0 Å². The first-order valence-electron chi connectivity index (χ1n) is 22.6. The molecule has 6 amide bonds. The minimum atomic E-state index is -0.660. The standard InChI is InChI=1S/C42H84N10O6/c43-28-16-7-1-4-10-26-38(54)51-35(23-14-18-30-45)41(57)49-33-21-9-3-6-12-27-39(55)52-36(24-15-19-31-46)42(58)48-32-20-8-2-5-11-25-37(53)50-34(40(47)56)22-13-17-29-44/h34-36H,1-33,43-46H2,(H2,47,56)(H,48,58)(H,49,57)(H,50,53)(H,51,54)(H,52,55). The van der Waals surface area contributed by atoms with Gasteiger partial charge < -0.3 is 55.3 Å². The molecule has 0 aliphatic carbocycles. The van der Waals surface area contributed by atoms with Crippen molar-refractivity contribution in [1.82, 2.24) is 26.6 Å². The molecular weight excluding hydrogens is 741 g/mol. The molecule has 0 heterocycles. The fraction of sp³-hybridized carbons (Fsp3) is 0.857. The van der Waals surface area contributed by atoms with E-state index >= 15 is 0 Å². The number of nitrogens with two attached hydrogens (primary N) is 5. The third-order valence-corrected chi connectivity index (χ3v) is 10.2. The molecule has 15 N–H and O–H groups in total. The maximum Gasteiger partial charge on any atom is 0.242 e. The lowest BCUT2D eigenvalue weighted by Gasteiger charge is -2.19. The van der Waals surface area contributed by atoms with Crippen LogP contribution in [0.25, 0.3) is 0 Å². The molecule has 338 valence electrons. The summed E-state index contributed by atoms with van der Waals surface area (Å²) in [6.45, 7) is 3.33. The molecule has 0 radical (unpaired) electrons. The normalized spacial score (nSPS) is 12.6. The predicted molar refractivity (Wildman–Crippen MR) is 232 cm³/mol. The molecule has 0 aliphatic rings. The molecule has 0 fully saturated rings. The maximum atomic E-state index is 13.0. The summed E-state index contributed by atoms with van der Waals surface area (Å²) in [4.78, 5) is 75.0. The van der Waals surface area contributed by atoms with Crippen molar-refractivity contribution < 1.29 is 28.8 Å². The average Bonchev–Trinajstić information content (AvgIpc) is 3.19. The number of carbonyl (C=O) groups is 6. The third-order valence-electron chi connectivity index (χ3n) is 10.2. The molecule has 0 saturated carbocycles. The summed E-state index contributed by atoms with van der Waals surface area (Å²) >= 11 is 0. The maximum absolute atomic E-state index is 13.0. The van der Waals surface area contributed by atoms with E-state index < -0.39 is 24.0 Å². The van der Waals surface area contributed by atoms with Crippen LogP contribution in [0.2, 0.25) is 0 Å². The lowest BCUT2D eigenvalue weighted by molar-refractivity contribution is -0.129. The largest absolute Gasteiger partial charge is 0.368 e. The van der Waals surface area contributed by atoms with E-state index in [2.05, 4.69) is 26.6 Å². The minimum absolute atomic E-state index is 0.0915. The number of hydrogen-bond donors (Lipinski definition) is 10. The zero-order valence-electron chi connectivity index (χ0n) is 35.9. The number of rotatable bonds is 41. The summed E-state index contributed by atoms with van der Waals surface area (Å²) in [7, 11) is 0. The van der Waals surface area contributed by atoms with Gasteiger partial charge in [0.25, 0.3) is 0 Å². The fourth-order valence-electron chi connectivity index (χ4n) is 6.61. The van der Waals surface area contributed by atoms with Crippen LogP contribution in [-0.2, 0) is 28.8 Å². The van der Waals surface area contributed by atoms with Crippen molar-refractivity contribution in [3.8, 4) is 0 Å². The molecular formula is C42H84N10O6. The van der Waals surface area contributed by atoms with Crippen LogP contribution in [0.4, 0.5) is 0 Å². The van der Waals surface area contributed by atoms with Crippen LogP contribution in [0, 0.1) is 0 Å². The van der Waals surface area contributed by atoms with Crippen LogP contribution in [-0.4, -0.2) is 92.8 Å². The molecule has 0 aromatic carbocycles. The van der Waals surface area contributed by atoms with Crippen molar-refractivity contribution in [1.29, 1.82) is 0 Å². The Morgan fingerprint density at radius 3 is 0.966 bits per heavy atom. The van der Waals surface area contributed by atoms with Crippen LogP contribution in [0.3, 0.4) is 0 Å². The van der Waals surface area contributed by atoms with Gasteiger partial charge in [-0.3, -0.25) is 28.8 Å². The van der Waals surface area contributed by atoms with E-state index in [1.165, 1.54) is 0 Å². The number of nitrogens with one attached hydrogen (secondary N) is 5. The lowest BCUT2D eigenvalue weighted by Crippen LogP contribution is -2.47. The molecule has 58 heavy (non-hydrogen) atoms. The van der Waals surface area contributed by atoms with E-state index in [1.54, 1.807) is 0 Å². The highest BCUT2D eigenvalue weighted by Crippen LogP contribution is 2.10. The molecule has 0 aromatic heterocycles. The second-order valence-electron chi connectivity index (χ2n) is 15.5. The van der Waals surface area contributed by atoms with Gasteiger partial charge in [-0.2, -0.15) is 0 Å². The highest BCUT2D eigenvalue weighted by Gasteiger charge is 2.21. The number of amides is 6. The van der Waals surface area contributed by atoms with Crippen LogP contribution in [0.5, 0.6) is 0 Å². The molecule has 16 heteroatoms. The summed E-state index contributed by atoms with van der Waals surface area (Å²) < 4.78 is 0. The van der Waals surface area contributed by atoms with Crippen molar-refractivity contribution in [2.75, 3.05) is 39.3 Å². The molecule has 0 bridgehead atoms. The molecule has 0 saturated heterocycles. The molecule has 0 spiro atoms. The SMILES string of the molecule is NCCCCCCCC(=O)NC(CCCCN)C(=O)NCCCCCCCC(=O)NC(CCCCN)C(=O)NCCCCCCCC(=O)NC(CCCCN)C(N)=O. The molecule has 3 unspecified atom stereocenters. The first-order chi connectivity index (χ1) is 28.1. The van der Waals surface area contributed by atoms with E-state index in [0.717, 1.165) is 122 Å². The van der Waals surface area contributed by atoms with Gasteiger partial charge in [0.05, 0.1) is 0 Å². The summed E-state index contributed by atoms with van der Waals surface area (Å²) in [6.07, 6.45) is 20.5. The van der Waals surface area contributed by atoms with Gasteiger partial charge in [-0.05, 0) is 122 Å². The van der Waals surface area contributed by atoms with Gasteiger partial charge in [0, 0.05) is 32.4 Å². The Kier molecular flexibility index (Phi) is 36.9. The molecule has 0 rings (SSSR count). The van der Waals surface area contributed by atoms with E-state index in [-0.39, 0.29) is 29.5 Å². The minimum Gasteiger partial charge on any atom is -0.368 e. The van der Waals surface area contributed by atoms with Gasteiger partial charge >= 0.3 is 0 Å². The van der Waals surface area contributed by atoms with Crippen molar-refractivity contribution in [2.24, 2.45) is 28.7 Å². The second-order valence-corrected chi connectivity index (χ2v) is 15.5. The fourth-order valence-corrected chi connectivity index (χ4v) is 6.61.